The van der Waals surface area contributed by atoms with Crippen LogP contribution in [0.3, 0.4) is 0 Å². The van der Waals surface area contributed by atoms with E-state index in [9.17, 15) is 9.59 Å². The predicted molar refractivity (Wildman–Crippen MR) is 103 cm³/mol. The molecule has 2 aromatic carbocycles. The lowest BCUT2D eigenvalue weighted by atomic mass is 10.1. The van der Waals surface area contributed by atoms with E-state index in [4.69, 9.17) is 0 Å². The monoisotopic (exact) mass is 351 g/mol. The summed E-state index contributed by atoms with van der Waals surface area (Å²) in [5.41, 5.74) is 2.48. The summed E-state index contributed by atoms with van der Waals surface area (Å²) >= 11 is 0. The van der Waals surface area contributed by atoms with Crippen LogP contribution in [0.25, 0.3) is 0 Å². The van der Waals surface area contributed by atoms with Crippen LogP contribution in [0.2, 0.25) is 0 Å². The second-order valence-electron chi connectivity index (χ2n) is 6.78. The minimum atomic E-state index is -0.125. The maximum Gasteiger partial charge on any atom is 0.255 e. The first kappa shape index (κ1) is 18.1. The maximum atomic E-state index is 12.3. The number of nitrogens with zero attached hydrogens (tertiary/aromatic N) is 2. The fourth-order valence-electron chi connectivity index (χ4n) is 3.15. The number of rotatable bonds is 6. The zero-order valence-corrected chi connectivity index (χ0v) is 15.1. The highest BCUT2D eigenvalue weighted by Crippen LogP contribution is 2.12. The Kier molecular flexibility index (Phi) is 6.02. The van der Waals surface area contributed by atoms with Crippen LogP contribution >= 0.6 is 0 Å². The molecule has 1 aliphatic rings. The summed E-state index contributed by atoms with van der Waals surface area (Å²) in [5, 5.41) is 2.88. The average Bonchev–Trinajstić information content (AvgIpc) is 3.18. The molecule has 0 aliphatic carbocycles. The van der Waals surface area contributed by atoms with Crippen molar-refractivity contribution in [2.24, 2.45) is 0 Å². The molecule has 5 heteroatoms. The first-order valence-electron chi connectivity index (χ1n) is 9.03. The Balaban J connectivity index is 1.52. The topological polar surface area (TPSA) is 52.7 Å². The van der Waals surface area contributed by atoms with E-state index in [0.29, 0.717) is 18.7 Å². The van der Waals surface area contributed by atoms with Gasteiger partial charge in [-0.1, -0.05) is 30.3 Å². The molecule has 26 heavy (non-hydrogen) atoms. The number of likely N-dealkylation sites (tertiary alicyclic amines) is 1. The molecular formula is C21H25N3O2. The largest absolute Gasteiger partial charge is 0.342 e. The van der Waals surface area contributed by atoms with Crippen LogP contribution in [0.5, 0.6) is 0 Å². The Labute approximate surface area is 154 Å². The van der Waals surface area contributed by atoms with E-state index in [0.717, 1.165) is 37.2 Å². The zero-order chi connectivity index (χ0) is 18.4. The summed E-state index contributed by atoms with van der Waals surface area (Å²) in [7, 11) is 1.95. The van der Waals surface area contributed by atoms with Gasteiger partial charge in [-0.25, -0.2) is 0 Å². The SMILES string of the molecule is CN(CC(=O)N1CCCC1)Cc1ccc(C(=O)Nc2ccccc2)cc1. The average molecular weight is 351 g/mol. The first-order chi connectivity index (χ1) is 12.6. The highest BCUT2D eigenvalue weighted by molar-refractivity contribution is 6.04. The van der Waals surface area contributed by atoms with Crippen molar-refractivity contribution in [1.29, 1.82) is 0 Å². The number of amides is 2. The molecule has 0 saturated carbocycles. The second-order valence-corrected chi connectivity index (χ2v) is 6.78. The van der Waals surface area contributed by atoms with E-state index in [2.05, 4.69) is 5.32 Å². The highest BCUT2D eigenvalue weighted by atomic mass is 16.2. The molecule has 0 radical (unpaired) electrons. The molecule has 1 heterocycles. The number of carbonyl (C=O) groups is 2. The van der Waals surface area contributed by atoms with Gasteiger partial charge in [0, 0.05) is 30.9 Å². The Bertz CT molecular complexity index is 738. The molecular weight excluding hydrogens is 326 g/mol. The van der Waals surface area contributed by atoms with Gasteiger partial charge in [0.2, 0.25) is 5.91 Å². The van der Waals surface area contributed by atoms with Crippen molar-refractivity contribution >= 4 is 17.5 Å². The van der Waals surface area contributed by atoms with Gasteiger partial charge in [0.05, 0.1) is 6.54 Å². The molecule has 0 bridgehead atoms. The van der Waals surface area contributed by atoms with Crippen LogP contribution in [0, 0.1) is 0 Å². The molecule has 0 unspecified atom stereocenters. The lowest BCUT2D eigenvalue weighted by Gasteiger charge is -2.21. The summed E-state index contributed by atoms with van der Waals surface area (Å²) in [5.74, 6) is 0.0733. The van der Waals surface area contributed by atoms with Crippen molar-refractivity contribution < 1.29 is 9.59 Å². The second kappa shape index (κ2) is 8.63. The number of carbonyl (C=O) groups excluding carboxylic acids is 2. The van der Waals surface area contributed by atoms with Crippen LogP contribution in [0.15, 0.2) is 54.6 Å². The van der Waals surface area contributed by atoms with E-state index in [1.54, 1.807) is 0 Å². The van der Waals surface area contributed by atoms with E-state index in [1.165, 1.54) is 0 Å². The summed E-state index contributed by atoms with van der Waals surface area (Å²) in [6.07, 6.45) is 2.23. The minimum absolute atomic E-state index is 0.125. The summed E-state index contributed by atoms with van der Waals surface area (Å²) < 4.78 is 0. The van der Waals surface area contributed by atoms with Gasteiger partial charge < -0.3 is 10.2 Å². The summed E-state index contributed by atoms with van der Waals surface area (Å²) in [4.78, 5) is 28.4. The predicted octanol–water partition coefficient (Wildman–Crippen LogP) is 2.99. The molecule has 1 saturated heterocycles. The number of benzene rings is 2. The molecule has 2 amide bonds. The van der Waals surface area contributed by atoms with Gasteiger partial charge in [0.15, 0.2) is 0 Å². The Morgan fingerprint density at radius 1 is 1.00 bits per heavy atom. The van der Waals surface area contributed by atoms with Gasteiger partial charge in [0.25, 0.3) is 5.91 Å². The normalized spacial score (nSPS) is 13.8. The molecule has 5 nitrogen and oxygen atoms in total. The Morgan fingerprint density at radius 3 is 2.31 bits per heavy atom. The minimum Gasteiger partial charge on any atom is -0.342 e. The maximum absolute atomic E-state index is 12.3. The molecule has 0 spiro atoms. The first-order valence-corrected chi connectivity index (χ1v) is 9.03. The van der Waals surface area contributed by atoms with Crippen molar-refractivity contribution in [2.45, 2.75) is 19.4 Å². The van der Waals surface area contributed by atoms with E-state index < -0.39 is 0 Å². The van der Waals surface area contributed by atoms with Crippen LogP contribution in [-0.4, -0.2) is 48.3 Å². The van der Waals surface area contributed by atoms with E-state index in [-0.39, 0.29) is 11.8 Å². The number of anilines is 1. The third-order valence-corrected chi connectivity index (χ3v) is 4.56. The third kappa shape index (κ3) is 4.92. The van der Waals surface area contributed by atoms with Crippen LogP contribution in [-0.2, 0) is 11.3 Å². The van der Waals surface area contributed by atoms with Crippen LogP contribution in [0.4, 0.5) is 5.69 Å². The summed E-state index contributed by atoms with van der Waals surface area (Å²) in [6.45, 7) is 2.88. The quantitative estimate of drug-likeness (QED) is 0.870. The number of hydrogen-bond acceptors (Lipinski definition) is 3. The third-order valence-electron chi connectivity index (χ3n) is 4.56. The van der Waals surface area contributed by atoms with Gasteiger partial charge >= 0.3 is 0 Å². The van der Waals surface area contributed by atoms with Gasteiger partial charge in [-0.3, -0.25) is 14.5 Å². The fourth-order valence-corrected chi connectivity index (χ4v) is 3.15. The van der Waals surface area contributed by atoms with Crippen LogP contribution in [0.1, 0.15) is 28.8 Å². The van der Waals surface area contributed by atoms with Gasteiger partial charge in [-0.15, -0.1) is 0 Å². The van der Waals surface area contributed by atoms with Crippen molar-refractivity contribution in [2.75, 3.05) is 32.0 Å². The molecule has 1 aliphatic heterocycles. The van der Waals surface area contributed by atoms with Crippen molar-refractivity contribution in [3.63, 3.8) is 0 Å². The number of hydrogen-bond donors (Lipinski definition) is 1. The van der Waals surface area contributed by atoms with Crippen molar-refractivity contribution in [3.05, 3.63) is 65.7 Å². The molecule has 3 rings (SSSR count). The van der Waals surface area contributed by atoms with E-state index in [1.807, 2.05) is 71.4 Å². The number of para-hydroxylation sites is 1. The summed E-state index contributed by atoms with van der Waals surface area (Å²) in [6, 6.07) is 16.9. The molecule has 2 aromatic rings. The standard InChI is InChI=1S/C21H25N3O2/c1-23(16-20(25)24-13-5-6-14-24)15-17-9-11-18(12-10-17)21(26)22-19-7-3-2-4-8-19/h2-4,7-12H,5-6,13-16H2,1H3,(H,22,26). The zero-order valence-electron chi connectivity index (χ0n) is 15.1. The molecule has 0 atom stereocenters. The lowest BCUT2D eigenvalue weighted by molar-refractivity contribution is -0.131. The van der Waals surface area contributed by atoms with Crippen LogP contribution < -0.4 is 5.32 Å². The van der Waals surface area contributed by atoms with E-state index >= 15 is 0 Å². The molecule has 1 N–H and O–H groups in total. The van der Waals surface area contributed by atoms with Gasteiger partial charge in [-0.2, -0.15) is 0 Å². The number of likely N-dealkylation sites (N-methyl/N-ethyl adjacent to an activating group) is 1. The van der Waals surface area contributed by atoms with Gasteiger partial charge in [-0.05, 0) is 49.7 Å². The molecule has 0 aromatic heterocycles. The van der Waals surface area contributed by atoms with Crippen molar-refractivity contribution in [1.82, 2.24) is 9.80 Å². The lowest BCUT2D eigenvalue weighted by Crippen LogP contribution is -2.36. The van der Waals surface area contributed by atoms with Crippen molar-refractivity contribution in [3.8, 4) is 0 Å². The van der Waals surface area contributed by atoms with Gasteiger partial charge in [0.1, 0.15) is 0 Å². The molecule has 1 fully saturated rings. The highest BCUT2D eigenvalue weighted by Gasteiger charge is 2.19. The molecule has 136 valence electrons. The Morgan fingerprint density at radius 2 is 1.65 bits per heavy atom. The fraction of sp³-hybridized carbons (Fsp3) is 0.333. The number of nitrogens with one attached hydrogen (secondary N) is 1. The Hall–Kier alpha value is -2.66. The smallest absolute Gasteiger partial charge is 0.255 e.